The molecule has 37 heavy (non-hydrogen) atoms. The molecule has 1 amide bonds. The molecule has 0 aromatic heterocycles. The van der Waals surface area contributed by atoms with E-state index < -0.39 is 17.3 Å². The molecule has 0 aliphatic carbocycles. The molecule has 9 heteroatoms. The van der Waals surface area contributed by atoms with Crippen molar-refractivity contribution in [2.45, 2.75) is 40.0 Å². The number of nitrogens with zero attached hydrogens (tertiary/aromatic N) is 3. The van der Waals surface area contributed by atoms with Crippen molar-refractivity contribution in [3.8, 4) is 16.9 Å². The summed E-state index contributed by atoms with van der Waals surface area (Å²) < 4.78 is 0. The lowest BCUT2D eigenvalue weighted by Gasteiger charge is -2.21. The fourth-order valence-electron chi connectivity index (χ4n) is 4.09. The van der Waals surface area contributed by atoms with Gasteiger partial charge in [0, 0.05) is 10.6 Å². The molecule has 4 rings (SSSR count). The number of benzene rings is 3. The smallest absolute Gasteiger partial charge is 0.313 e. The molecule has 8 nitrogen and oxygen atoms in total. The molecule has 0 unspecified atom stereocenters. The summed E-state index contributed by atoms with van der Waals surface area (Å²) in [7, 11) is 0. The predicted molar refractivity (Wildman–Crippen MR) is 147 cm³/mol. The maximum absolute atomic E-state index is 13.1. The second-order valence-corrected chi connectivity index (χ2v) is 10.0. The molecule has 1 aliphatic rings. The average molecular weight is 519 g/mol. The lowest BCUT2D eigenvalue weighted by Crippen LogP contribution is -2.28. The molecule has 3 aromatic carbocycles. The third-order valence-corrected chi connectivity index (χ3v) is 6.45. The minimum absolute atomic E-state index is 0.102. The van der Waals surface area contributed by atoms with Crippen LogP contribution < -0.4 is 10.4 Å². The number of carboxylic acids is 1. The Bertz CT molecular complexity index is 1470. The van der Waals surface area contributed by atoms with Crippen LogP contribution >= 0.6 is 11.6 Å². The predicted octanol–water partition coefficient (Wildman–Crippen LogP) is 5.88. The summed E-state index contributed by atoms with van der Waals surface area (Å²) in [6.07, 6.45) is 0. The van der Waals surface area contributed by atoms with Gasteiger partial charge in [0.25, 0.3) is 0 Å². The van der Waals surface area contributed by atoms with Crippen LogP contribution in [0.25, 0.3) is 11.1 Å². The summed E-state index contributed by atoms with van der Waals surface area (Å²) in [5, 5.41) is 30.9. The van der Waals surface area contributed by atoms with Gasteiger partial charge in [-0.05, 0) is 87.2 Å². The highest BCUT2D eigenvalue weighted by atomic mass is 35.5. The van der Waals surface area contributed by atoms with E-state index in [-0.39, 0.29) is 17.1 Å². The van der Waals surface area contributed by atoms with Gasteiger partial charge in [-0.15, -0.1) is 0 Å². The first kappa shape index (κ1) is 25.9. The van der Waals surface area contributed by atoms with Crippen LogP contribution in [-0.4, -0.2) is 33.5 Å². The molecule has 3 aromatic rings. The maximum atomic E-state index is 13.1. The van der Waals surface area contributed by atoms with Gasteiger partial charge in [-0.2, -0.15) is 15.2 Å². The van der Waals surface area contributed by atoms with Crippen molar-refractivity contribution in [1.82, 2.24) is 0 Å². The SMILES string of the molecule is CC1=NN(c2cc(C)cc(C)c2)C(=O)/C1=N\Nc1cc(Cl)cc(-c2cccc(C(C)(C)C(=O)O)c2)c1O. The number of aryl methyl sites for hydroxylation is 2. The van der Waals surface area contributed by atoms with Crippen LogP contribution in [0.15, 0.2) is 64.8 Å². The van der Waals surface area contributed by atoms with Crippen molar-refractivity contribution in [1.29, 1.82) is 0 Å². The Hall–Kier alpha value is -4.17. The largest absolute Gasteiger partial charge is 0.505 e. The van der Waals surface area contributed by atoms with E-state index in [1.165, 1.54) is 11.1 Å². The van der Waals surface area contributed by atoms with Crippen LogP contribution in [0.5, 0.6) is 5.75 Å². The Morgan fingerprint density at radius 2 is 1.73 bits per heavy atom. The number of carboxylic acid groups (broad SMARTS) is 1. The zero-order chi connectivity index (χ0) is 27.1. The van der Waals surface area contributed by atoms with Crippen molar-refractivity contribution in [2.24, 2.45) is 10.2 Å². The van der Waals surface area contributed by atoms with Gasteiger partial charge in [-0.25, -0.2) is 0 Å². The third-order valence-electron chi connectivity index (χ3n) is 6.23. The van der Waals surface area contributed by atoms with Gasteiger partial charge in [-0.1, -0.05) is 35.9 Å². The van der Waals surface area contributed by atoms with Crippen molar-refractivity contribution < 1.29 is 19.8 Å². The average Bonchev–Trinajstić information content (AvgIpc) is 3.12. The van der Waals surface area contributed by atoms with Gasteiger partial charge < -0.3 is 10.2 Å². The number of aromatic hydroxyl groups is 1. The minimum Gasteiger partial charge on any atom is -0.505 e. The highest BCUT2D eigenvalue weighted by Gasteiger charge is 2.32. The van der Waals surface area contributed by atoms with Crippen molar-refractivity contribution in [2.75, 3.05) is 10.4 Å². The Kier molecular flexibility index (Phi) is 6.80. The van der Waals surface area contributed by atoms with Crippen molar-refractivity contribution >= 4 is 46.3 Å². The van der Waals surface area contributed by atoms with Crippen molar-refractivity contribution in [3.05, 3.63) is 76.3 Å². The van der Waals surface area contributed by atoms with E-state index in [4.69, 9.17) is 11.6 Å². The van der Waals surface area contributed by atoms with Gasteiger partial charge in [0.15, 0.2) is 5.71 Å². The van der Waals surface area contributed by atoms with E-state index in [1.807, 2.05) is 32.0 Å². The molecular weight excluding hydrogens is 492 g/mol. The van der Waals surface area contributed by atoms with Crippen LogP contribution in [-0.2, 0) is 15.0 Å². The van der Waals surface area contributed by atoms with Crippen LogP contribution in [0.2, 0.25) is 5.02 Å². The molecule has 0 bridgehead atoms. The normalized spacial score (nSPS) is 14.8. The second-order valence-electron chi connectivity index (χ2n) is 9.58. The number of halogens is 1. The Morgan fingerprint density at radius 1 is 1.05 bits per heavy atom. The van der Waals surface area contributed by atoms with E-state index in [0.717, 1.165) is 11.1 Å². The molecule has 0 fully saturated rings. The number of rotatable bonds is 6. The zero-order valence-electron chi connectivity index (χ0n) is 21.1. The first-order valence-corrected chi connectivity index (χ1v) is 11.9. The highest BCUT2D eigenvalue weighted by Crippen LogP contribution is 2.40. The van der Waals surface area contributed by atoms with Crippen LogP contribution in [0, 0.1) is 13.8 Å². The van der Waals surface area contributed by atoms with E-state index in [0.29, 0.717) is 33.1 Å². The molecule has 0 atom stereocenters. The maximum Gasteiger partial charge on any atom is 0.313 e. The molecule has 0 saturated heterocycles. The fraction of sp³-hybridized carbons (Fsp3) is 0.214. The molecule has 0 spiro atoms. The first-order valence-electron chi connectivity index (χ1n) is 11.6. The molecule has 1 heterocycles. The van der Waals surface area contributed by atoms with Crippen LogP contribution in [0.1, 0.15) is 37.5 Å². The number of phenolic OH excluding ortho intramolecular Hbond substituents is 1. The second kappa shape index (κ2) is 9.71. The Balaban J connectivity index is 1.66. The zero-order valence-corrected chi connectivity index (χ0v) is 21.9. The third kappa shape index (κ3) is 5.06. The summed E-state index contributed by atoms with van der Waals surface area (Å²) in [5.41, 5.74) is 6.53. The van der Waals surface area contributed by atoms with E-state index in [1.54, 1.807) is 51.1 Å². The monoisotopic (exact) mass is 518 g/mol. The van der Waals surface area contributed by atoms with E-state index >= 15 is 0 Å². The van der Waals surface area contributed by atoms with Gasteiger partial charge in [0.05, 0.1) is 16.8 Å². The van der Waals surface area contributed by atoms with Gasteiger partial charge in [-0.3, -0.25) is 15.0 Å². The number of phenols is 1. The summed E-state index contributed by atoms with van der Waals surface area (Å²) >= 11 is 6.34. The van der Waals surface area contributed by atoms with Gasteiger partial charge in [0.2, 0.25) is 0 Å². The standard InChI is InChI=1S/C28H27ClN4O4/c1-15-9-16(2)11-21(10-15)33-26(35)24(17(3)32-33)31-30-23-14-20(29)13-22(25(23)34)18-7-6-8-19(12-18)28(4,5)27(36)37/h6-14,30,34H,1-5H3,(H,36,37)/b31-24-. The number of nitrogens with one attached hydrogen (secondary N) is 1. The lowest BCUT2D eigenvalue weighted by atomic mass is 9.83. The molecule has 3 N–H and O–H groups in total. The summed E-state index contributed by atoms with van der Waals surface area (Å²) in [4.78, 5) is 24.8. The Labute approximate surface area is 219 Å². The number of hydrazone groups is 2. The summed E-state index contributed by atoms with van der Waals surface area (Å²) in [6.45, 7) is 8.79. The fourth-order valence-corrected chi connectivity index (χ4v) is 4.31. The van der Waals surface area contributed by atoms with E-state index in [2.05, 4.69) is 15.6 Å². The molecule has 0 radical (unpaired) electrons. The number of carbonyl (C=O) groups excluding carboxylic acids is 1. The van der Waals surface area contributed by atoms with Gasteiger partial charge in [0.1, 0.15) is 11.4 Å². The quantitative estimate of drug-likeness (QED) is 0.278. The highest BCUT2D eigenvalue weighted by molar-refractivity contribution is 6.71. The molecule has 190 valence electrons. The number of amides is 1. The molecular formula is C28H27ClN4O4. The summed E-state index contributed by atoms with van der Waals surface area (Å²) in [5.74, 6) is -1.52. The number of hydrogen-bond donors (Lipinski definition) is 3. The number of aliphatic carboxylic acids is 1. The van der Waals surface area contributed by atoms with E-state index in [9.17, 15) is 19.8 Å². The Morgan fingerprint density at radius 3 is 2.38 bits per heavy atom. The lowest BCUT2D eigenvalue weighted by molar-refractivity contribution is -0.142. The topological polar surface area (TPSA) is 115 Å². The van der Waals surface area contributed by atoms with Crippen LogP contribution in [0.4, 0.5) is 11.4 Å². The summed E-state index contributed by atoms with van der Waals surface area (Å²) in [6, 6.07) is 15.7. The number of hydrogen-bond acceptors (Lipinski definition) is 6. The first-order chi connectivity index (χ1) is 17.4. The van der Waals surface area contributed by atoms with Crippen molar-refractivity contribution in [3.63, 3.8) is 0 Å². The van der Waals surface area contributed by atoms with Crippen LogP contribution in [0.3, 0.4) is 0 Å². The molecule has 1 aliphatic heterocycles. The number of anilines is 2. The number of carbonyl (C=O) groups is 2. The minimum atomic E-state index is -1.13. The molecule has 0 saturated carbocycles. The van der Waals surface area contributed by atoms with Gasteiger partial charge >= 0.3 is 11.9 Å².